The lowest BCUT2D eigenvalue weighted by atomic mass is 10.3. The molecule has 0 bridgehead atoms. The molecule has 0 radical (unpaired) electrons. The number of aryl methyl sites for hydroxylation is 1. The lowest BCUT2D eigenvalue weighted by Crippen LogP contribution is -1.99. The van der Waals surface area contributed by atoms with E-state index in [9.17, 15) is 13.2 Å². The number of hydrogen-bond acceptors (Lipinski definition) is 6. The molecule has 0 fully saturated rings. The predicted molar refractivity (Wildman–Crippen MR) is 101 cm³/mol. The smallest absolute Gasteiger partial charge is 0.310 e. The van der Waals surface area contributed by atoms with E-state index in [-0.39, 0.29) is 16.7 Å². The van der Waals surface area contributed by atoms with E-state index in [4.69, 9.17) is 5.26 Å². The highest BCUT2D eigenvalue weighted by Gasteiger charge is 2.29. The molecule has 0 aromatic carbocycles. The van der Waals surface area contributed by atoms with Crippen LogP contribution in [0.5, 0.6) is 0 Å². The molecule has 0 spiro atoms. The van der Waals surface area contributed by atoms with Gasteiger partial charge in [-0.15, -0.1) is 11.8 Å². The van der Waals surface area contributed by atoms with Gasteiger partial charge in [0.1, 0.15) is 11.2 Å². The highest BCUT2D eigenvalue weighted by Crippen LogP contribution is 2.38. The number of nitriles is 1. The van der Waals surface area contributed by atoms with Gasteiger partial charge in [-0.3, -0.25) is 4.98 Å². The maximum absolute atomic E-state index is 12.5. The summed E-state index contributed by atoms with van der Waals surface area (Å²) in [5, 5.41) is 7.32. The molecule has 0 aliphatic rings. The second-order valence-corrected chi connectivity index (χ2v) is 7.51. The van der Waals surface area contributed by atoms with Gasteiger partial charge in [-0.25, -0.2) is 9.97 Å². The number of halogens is 3. The molecule has 5 nitrogen and oxygen atoms in total. The number of alkyl halides is 3. The summed E-state index contributed by atoms with van der Waals surface area (Å²) in [6, 6.07) is 6.95. The lowest BCUT2D eigenvalue weighted by Gasteiger charge is -2.06. The zero-order chi connectivity index (χ0) is 20.0. The summed E-state index contributed by atoms with van der Waals surface area (Å²) in [6.07, 6.45) is 2.89. The van der Waals surface area contributed by atoms with Crippen LogP contribution < -0.4 is 0 Å². The Labute approximate surface area is 163 Å². The molecule has 0 N–H and O–H groups in total. The number of rotatable bonds is 4. The Morgan fingerprint density at radius 3 is 2.63 bits per heavy atom. The average molecular weight is 411 g/mol. The molecule has 0 atom stereocenters. The molecule has 0 unspecified atom stereocenters. The van der Waals surface area contributed by atoms with Crippen molar-refractivity contribution in [1.82, 2.24) is 19.5 Å². The van der Waals surface area contributed by atoms with Crippen LogP contribution in [0.3, 0.4) is 0 Å². The zero-order valence-electron chi connectivity index (χ0n) is 14.8. The summed E-state index contributed by atoms with van der Waals surface area (Å²) in [5.74, 6) is 1.47. The van der Waals surface area contributed by atoms with E-state index in [1.165, 1.54) is 19.2 Å². The molecule has 0 amide bonds. The monoisotopic (exact) mass is 411 g/mol. The van der Waals surface area contributed by atoms with Crippen LogP contribution in [0.2, 0.25) is 0 Å². The van der Waals surface area contributed by atoms with Crippen molar-refractivity contribution in [2.45, 2.75) is 29.1 Å². The third-order valence-electron chi connectivity index (χ3n) is 3.20. The summed E-state index contributed by atoms with van der Waals surface area (Å²) in [4.78, 5) is 14.0. The molecule has 3 aromatic heterocycles. The second kappa shape index (κ2) is 9.10. The van der Waals surface area contributed by atoms with E-state index in [0.29, 0.717) is 22.7 Å². The van der Waals surface area contributed by atoms with Crippen LogP contribution in [-0.4, -0.2) is 30.8 Å². The van der Waals surface area contributed by atoms with E-state index >= 15 is 0 Å². The Morgan fingerprint density at radius 2 is 2.00 bits per heavy atom. The molecular formula is C17H16F3N5S2. The Morgan fingerprint density at radius 1 is 1.30 bits per heavy atom. The third-order valence-corrected chi connectivity index (χ3v) is 4.82. The van der Waals surface area contributed by atoms with Crippen molar-refractivity contribution >= 4 is 34.7 Å². The van der Waals surface area contributed by atoms with Crippen molar-refractivity contribution in [2.75, 3.05) is 5.75 Å². The maximum atomic E-state index is 12.5. The number of nitrogens with zero attached hydrogens (tertiary/aromatic N) is 5. The van der Waals surface area contributed by atoms with Gasteiger partial charge in [0.15, 0.2) is 11.5 Å². The Kier molecular flexibility index (Phi) is 7.10. The molecule has 0 saturated heterocycles. The topological polar surface area (TPSA) is 67.4 Å². The molecule has 27 heavy (non-hydrogen) atoms. The number of fused-ring (bicyclic) bond motifs is 1. The van der Waals surface area contributed by atoms with Gasteiger partial charge in [-0.05, 0) is 35.7 Å². The molecular weight excluding hydrogens is 395 g/mol. The minimum absolute atomic E-state index is 0.0174. The number of imidazole rings is 1. The van der Waals surface area contributed by atoms with Gasteiger partial charge in [0.2, 0.25) is 0 Å². The van der Waals surface area contributed by atoms with Crippen molar-refractivity contribution in [1.29, 1.82) is 5.26 Å². The molecule has 0 saturated carbocycles. The van der Waals surface area contributed by atoms with Crippen molar-refractivity contribution < 1.29 is 13.2 Å². The van der Waals surface area contributed by atoms with Crippen molar-refractivity contribution in [2.24, 2.45) is 7.05 Å². The van der Waals surface area contributed by atoms with Crippen molar-refractivity contribution in [3.63, 3.8) is 0 Å². The SMILES string of the molecule is CC#N.CCSc1cccnc1-c1nc2cc(SC(F)(F)F)cnc2n1C. The van der Waals surface area contributed by atoms with Crippen molar-refractivity contribution in [3.05, 3.63) is 30.6 Å². The van der Waals surface area contributed by atoms with Crippen LogP contribution in [0.4, 0.5) is 13.2 Å². The quantitative estimate of drug-likeness (QED) is 0.544. The average Bonchev–Trinajstić information content (AvgIpc) is 2.91. The van der Waals surface area contributed by atoms with Gasteiger partial charge in [0, 0.05) is 36.2 Å². The van der Waals surface area contributed by atoms with E-state index in [0.717, 1.165) is 10.6 Å². The molecule has 10 heteroatoms. The molecule has 0 aliphatic heterocycles. The molecule has 142 valence electrons. The molecule has 3 aromatic rings. The predicted octanol–water partition coefficient (Wildman–Crippen LogP) is 5.28. The highest BCUT2D eigenvalue weighted by molar-refractivity contribution is 8.00. The van der Waals surface area contributed by atoms with Crippen LogP contribution in [0.1, 0.15) is 13.8 Å². The fourth-order valence-electron chi connectivity index (χ4n) is 2.29. The first kappa shape index (κ1) is 21.1. The zero-order valence-corrected chi connectivity index (χ0v) is 16.4. The van der Waals surface area contributed by atoms with Gasteiger partial charge < -0.3 is 4.57 Å². The Bertz CT molecular complexity index is 963. The van der Waals surface area contributed by atoms with Gasteiger partial charge in [-0.2, -0.15) is 18.4 Å². The largest absolute Gasteiger partial charge is 0.446 e. The molecule has 3 heterocycles. The fourth-order valence-corrected chi connectivity index (χ4v) is 3.60. The summed E-state index contributed by atoms with van der Waals surface area (Å²) < 4.78 is 39.3. The number of aromatic nitrogens is 4. The molecule has 0 aliphatic carbocycles. The Balaban J connectivity index is 0.000000817. The first-order valence-corrected chi connectivity index (χ1v) is 9.58. The normalized spacial score (nSPS) is 11.0. The van der Waals surface area contributed by atoms with E-state index in [1.54, 1.807) is 35.6 Å². The number of thioether (sulfide) groups is 2. The summed E-state index contributed by atoms with van der Waals surface area (Å²) in [5.41, 5.74) is -2.71. The van der Waals surface area contributed by atoms with Gasteiger partial charge in [-0.1, -0.05) is 6.92 Å². The highest BCUT2D eigenvalue weighted by atomic mass is 32.2. The van der Waals surface area contributed by atoms with Gasteiger partial charge in [0.05, 0.1) is 6.07 Å². The fraction of sp³-hybridized carbons (Fsp3) is 0.294. The van der Waals surface area contributed by atoms with Crippen LogP contribution in [0.15, 0.2) is 40.4 Å². The van der Waals surface area contributed by atoms with Crippen LogP contribution in [0.25, 0.3) is 22.7 Å². The van der Waals surface area contributed by atoms with E-state index in [2.05, 4.69) is 15.0 Å². The minimum atomic E-state index is -4.35. The standard InChI is InChI=1S/C15H13F3N4S2.C2H3N/c1-3-23-11-5-4-6-19-12(11)14-21-10-7-9(24-15(16,17)18)8-20-13(10)22(14)2;1-2-3/h4-8H,3H2,1-2H3;1H3. The van der Waals surface area contributed by atoms with E-state index < -0.39 is 5.51 Å². The van der Waals surface area contributed by atoms with Gasteiger partial charge in [0.25, 0.3) is 0 Å². The lowest BCUT2D eigenvalue weighted by molar-refractivity contribution is -0.0328. The first-order valence-electron chi connectivity index (χ1n) is 7.78. The summed E-state index contributed by atoms with van der Waals surface area (Å²) in [6.45, 7) is 3.47. The van der Waals surface area contributed by atoms with Crippen molar-refractivity contribution in [3.8, 4) is 17.6 Å². The minimum Gasteiger partial charge on any atom is -0.310 e. The molecule has 3 rings (SSSR count). The number of hydrogen-bond donors (Lipinski definition) is 0. The van der Waals surface area contributed by atoms with Crippen LogP contribution >= 0.6 is 23.5 Å². The summed E-state index contributed by atoms with van der Waals surface area (Å²) in [7, 11) is 1.78. The second-order valence-electron chi connectivity index (χ2n) is 5.06. The maximum Gasteiger partial charge on any atom is 0.446 e. The third kappa shape index (κ3) is 5.37. The first-order chi connectivity index (χ1) is 12.8. The number of pyridine rings is 2. The van der Waals surface area contributed by atoms with Crippen LogP contribution in [0, 0.1) is 11.3 Å². The van der Waals surface area contributed by atoms with Crippen LogP contribution in [-0.2, 0) is 7.05 Å². The van der Waals surface area contributed by atoms with Gasteiger partial charge >= 0.3 is 5.51 Å². The Hall–Kier alpha value is -2.25. The summed E-state index contributed by atoms with van der Waals surface area (Å²) >= 11 is 1.44. The van der Waals surface area contributed by atoms with E-state index in [1.807, 2.05) is 19.1 Å².